The molecule has 80 valence electrons. The third kappa shape index (κ3) is 1.90. The van der Waals surface area contributed by atoms with Crippen LogP contribution in [0.3, 0.4) is 0 Å². The SMILES string of the molecule is CCc1nnc(N2C(=O)CCCC2=O)s1. The third-order valence-electron chi connectivity index (χ3n) is 2.23. The number of amides is 2. The van der Waals surface area contributed by atoms with E-state index in [-0.39, 0.29) is 11.8 Å². The summed E-state index contributed by atoms with van der Waals surface area (Å²) in [4.78, 5) is 24.3. The van der Waals surface area contributed by atoms with Crippen molar-refractivity contribution in [3.05, 3.63) is 5.01 Å². The number of carbonyl (C=O) groups is 2. The van der Waals surface area contributed by atoms with Gasteiger partial charge >= 0.3 is 0 Å². The lowest BCUT2D eigenvalue weighted by Gasteiger charge is -2.21. The van der Waals surface area contributed by atoms with Crippen molar-refractivity contribution in [1.82, 2.24) is 10.2 Å². The number of anilines is 1. The average Bonchev–Trinajstić information content (AvgIpc) is 2.66. The van der Waals surface area contributed by atoms with Gasteiger partial charge in [-0.1, -0.05) is 18.3 Å². The summed E-state index contributed by atoms with van der Waals surface area (Å²) in [5.74, 6) is -0.324. The summed E-state index contributed by atoms with van der Waals surface area (Å²) in [7, 11) is 0. The molecule has 5 nitrogen and oxygen atoms in total. The molecule has 15 heavy (non-hydrogen) atoms. The number of hydrogen-bond acceptors (Lipinski definition) is 5. The molecule has 0 bridgehead atoms. The molecule has 1 aromatic heterocycles. The van der Waals surface area contributed by atoms with E-state index in [1.54, 1.807) is 0 Å². The summed E-state index contributed by atoms with van der Waals surface area (Å²) in [6.45, 7) is 1.96. The van der Waals surface area contributed by atoms with Crippen LogP contribution in [-0.4, -0.2) is 22.0 Å². The number of carbonyl (C=O) groups excluding carboxylic acids is 2. The molecule has 0 saturated carbocycles. The fourth-order valence-electron chi connectivity index (χ4n) is 1.44. The smallest absolute Gasteiger partial charge is 0.235 e. The molecule has 0 radical (unpaired) electrons. The first kappa shape index (κ1) is 10.2. The molecular formula is C9H11N3O2S. The van der Waals surface area contributed by atoms with E-state index < -0.39 is 0 Å². The van der Waals surface area contributed by atoms with Gasteiger partial charge in [0.25, 0.3) is 0 Å². The maximum atomic E-state index is 11.5. The Morgan fingerprint density at radius 1 is 1.27 bits per heavy atom. The van der Waals surface area contributed by atoms with Crippen LogP contribution in [0.2, 0.25) is 0 Å². The van der Waals surface area contributed by atoms with Gasteiger partial charge in [-0.05, 0) is 12.8 Å². The van der Waals surface area contributed by atoms with Crippen molar-refractivity contribution in [2.45, 2.75) is 32.6 Å². The molecule has 2 amide bonds. The van der Waals surface area contributed by atoms with Crippen molar-refractivity contribution < 1.29 is 9.59 Å². The van der Waals surface area contributed by atoms with Crippen LogP contribution in [-0.2, 0) is 16.0 Å². The van der Waals surface area contributed by atoms with Crippen LogP contribution in [0.15, 0.2) is 0 Å². The quantitative estimate of drug-likeness (QED) is 0.708. The third-order valence-corrected chi connectivity index (χ3v) is 3.28. The Hall–Kier alpha value is -1.30. The van der Waals surface area contributed by atoms with Crippen LogP contribution < -0.4 is 4.90 Å². The fourth-order valence-corrected chi connectivity index (χ4v) is 2.26. The Kier molecular flexibility index (Phi) is 2.77. The second kappa shape index (κ2) is 4.06. The molecule has 0 aromatic carbocycles. The van der Waals surface area contributed by atoms with Crippen molar-refractivity contribution in [3.8, 4) is 0 Å². The summed E-state index contributed by atoms with van der Waals surface area (Å²) >= 11 is 1.31. The van der Waals surface area contributed by atoms with Crippen LogP contribution >= 0.6 is 11.3 Å². The average molecular weight is 225 g/mol. The lowest BCUT2D eigenvalue weighted by molar-refractivity contribution is -0.129. The van der Waals surface area contributed by atoms with E-state index in [2.05, 4.69) is 10.2 Å². The van der Waals surface area contributed by atoms with Crippen molar-refractivity contribution in [1.29, 1.82) is 0 Å². The number of aryl methyl sites for hydroxylation is 1. The lowest BCUT2D eigenvalue weighted by Crippen LogP contribution is -2.40. The fraction of sp³-hybridized carbons (Fsp3) is 0.556. The number of aromatic nitrogens is 2. The maximum absolute atomic E-state index is 11.5. The first-order valence-electron chi connectivity index (χ1n) is 4.90. The molecule has 0 unspecified atom stereocenters. The Bertz CT molecular complexity index is 386. The van der Waals surface area contributed by atoms with Crippen molar-refractivity contribution in [2.24, 2.45) is 0 Å². The first-order chi connectivity index (χ1) is 7.22. The summed E-state index contributed by atoms with van der Waals surface area (Å²) in [6.07, 6.45) is 2.26. The number of nitrogens with zero attached hydrogens (tertiary/aromatic N) is 3. The van der Waals surface area contributed by atoms with E-state index in [1.165, 1.54) is 16.2 Å². The van der Waals surface area contributed by atoms with Crippen LogP contribution in [0.5, 0.6) is 0 Å². The molecule has 0 aliphatic carbocycles. The molecule has 1 aliphatic heterocycles. The van der Waals surface area contributed by atoms with Crippen molar-refractivity contribution >= 4 is 28.3 Å². The van der Waals surface area contributed by atoms with Gasteiger partial charge in [0, 0.05) is 12.8 Å². The molecule has 1 fully saturated rings. The van der Waals surface area contributed by atoms with E-state index in [9.17, 15) is 9.59 Å². The number of piperidine rings is 1. The Balaban J connectivity index is 2.27. The summed E-state index contributed by atoms with van der Waals surface area (Å²) in [5, 5.41) is 9.03. The second-order valence-corrected chi connectivity index (χ2v) is 4.35. The molecule has 1 saturated heterocycles. The van der Waals surface area contributed by atoms with Crippen LogP contribution in [0, 0.1) is 0 Å². The minimum atomic E-state index is -0.162. The van der Waals surface area contributed by atoms with Gasteiger partial charge in [-0.15, -0.1) is 10.2 Å². The first-order valence-corrected chi connectivity index (χ1v) is 5.72. The van der Waals surface area contributed by atoms with Gasteiger partial charge in [-0.3, -0.25) is 9.59 Å². The zero-order valence-corrected chi connectivity index (χ0v) is 9.21. The maximum Gasteiger partial charge on any atom is 0.235 e. The van der Waals surface area contributed by atoms with Crippen molar-refractivity contribution in [2.75, 3.05) is 4.90 Å². The normalized spacial score (nSPS) is 17.3. The van der Waals surface area contributed by atoms with Gasteiger partial charge < -0.3 is 0 Å². The Labute approximate surface area is 91.1 Å². The van der Waals surface area contributed by atoms with Gasteiger partial charge in [-0.25, -0.2) is 4.90 Å². The van der Waals surface area contributed by atoms with Crippen LogP contribution in [0.25, 0.3) is 0 Å². The Morgan fingerprint density at radius 2 is 1.93 bits per heavy atom. The van der Waals surface area contributed by atoms with E-state index in [4.69, 9.17) is 0 Å². The van der Waals surface area contributed by atoms with Crippen LogP contribution in [0.4, 0.5) is 5.13 Å². The number of rotatable bonds is 2. The predicted molar refractivity (Wildman–Crippen MR) is 55.6 cm³/mol. The molecule has 0 atom stereocenters. The van der Waals surface area contributed by atoms with E-state index >= 15 is 0 Å². The predicted octanol–water partition coefficient (Wildman–Crippen LogP) is 1.14. The molecule has 2 heterocycles. The molecule has 1 aliphatic rings. The summed E-state index contributed by atoms with van der Waals surface area (Å²) < 4.78 is 0. The Morgan fingerprint density at radius 3 is 2.47 bits per heavy atom. The van der Waals surface area contributed by atoms with E-state index in [0.717, 1.165) is 11.4 Å². The molecular weight excluding hydrogens is 214 g/mol. The highest BCUT2D eigenvalue weighted by Gasteiger charge is 2.29. The van der Waals surface area contributed by atoms with Gasteiger partial charge in [0.15, 0.2) is 0 Å². The minimum absolute atomic E-state index is 0.162. The summed E-state index contributed by atoms with van der Waals surface area (Å²) in [6, 6.07) is 0. The molecule has 1 aromatic rings. The standard InChI is InChI=1S/C9H11N3O2S/c1-2-6-10-11-9(15-6)12-7(13)4-3-5-8(12)14/h2-5H2,1H3. The van der Waals surface area contributed by atoms with Gasteiger partial charge in [0.05, 0.1) is 0 Å². The number of imide groups is 1. The van der Waals surface area contributed by atoms with Gasteiger partial charge in [0.1, 0.15) is 5.01 Å². The lowest BCUT2D eigenvalue weighted by atomic mass is 10.1. The minimum Gasteiger partial charge on any atom is -0.274 e. The van der Waals surface area contributed by atoms with Gasteiger partial charge in [-0.2, -0.15) is 0 Å². The monoisotopic (exact) mass is 225 g/mol. The summed E-state index contributed by atoms with van der Waals surface area (Å²) in [5.41, 5.74) is 0. The zero-order chi connectivity index (χ0) is 10.8. The van der Waals surface area contributed by atoms with E-state index in [1.807, 2.05) is 6.92 Å². The molecule has 2 rings (SSSR count). The second-order valence-electron chi connectivity index (χ2n) is 3.31. The molecule has 6 heteroatoms. The highest BCUT2D eigenvalue weighted by atomic mass is 32.1. The molecule has 0 spiro atoms. The van der Waals surface area contributed by atoms with Crippen molar-refractivity contribution in [3.63, 3.8) is 0 Å². The topological polar surface area (TPSA) is 63.2 Å². The largest absolute Gasteiger partial charge is 0.274 e. The highest BCUT2D eigenvalue weighted by molar-refractivity contribution is 7.15. The van der Waals surface area contributed by atoms with E-state index in [0.29, 0.717) is 24.4 Å². The van der Waals surface area contributed by atoms with Crippen LogP contribution in [0.1, 0.15) is 31.2 Å². The number of hydrogen-bond donors (Lipinski definition) is 0. The zero-order valence-electron chi connectivity index (χ0n) is 8.39. The van der Waals surface area contributed by atoms with Gasteiger partial charge in [0.2, 0.25) is 16.9 Å². The highest BCUT2D eigenvalue weighted by Crippen LogP contribution is 2.25. The molecule has 0 N–H and O–H groups in total.